The Hall–Kier alpha value is -3.17. The van der Waals surface area contributed by atoms with Crippen molar-refractivity contribution in [2.24, 2.45) is 0 Å². The van der Waals surface area contributed by atoms with E-state index >= 15 is 0 Å². The van der Waals surface area contributed by atoms with Crippen LogP contribution < -0.4 is 4.74 Å². The van der Waals surface area contributed by atoms with E-state index in [0.29, 0.717) is 41.2 Å². The first-order valence-corrected chi connectivity index (χ1v) is 16.1. The van der Waals surface area contributed by atoms with Crippen LogP contribution in [-0.2, 0) is 28.0 Å². The van der Waals surface area contributed by atoms with Crippen molar-refractivity contribution in [1.82, 2.24) is 9.29 Å². The zero-order chi connectivity index (χ0) is 30.1. The topological polar surface area (TPSA) is 96.8 Å². The van der Waals surface area contributed by atoms with Gasteiger partial charge in [-0.05, 0) is 49.6 Å². The summed E-state index contributed by atoms with van der Waals surface area (Å²) in [7, 11) is -4.00. The molecule has 4 aromatic rings. The lowest BCUT2D eigenvalue weighted by Gasteiger charge is -2.24. The number of carboxylic acid groups (broad SMARTS) is 1. The number of aliphatic carboxylic acids is 1. The highest BCUT2D eigenvalue weighted by atomic mass is 35.5. The van der Waals surface area contributed by atoms with Crippen LogP contribution in [0.2, 0.25) is 10.0 Å². The zero-order valence-electron chi connectivity index (χ0n) is 23.4. The maximum atomic E-state index is 14.0. The fourth-order valence-electron chi connectivity index (χ4n) is 4.70. The summed E-state index contributed by atoms with van der Waals surface area (Å²) in [6.07, 6.45) is 3.79. The minimum atomic E-state index is -4.00. The zero-order valence-corrected chi connectivity index (χ0v) is 25.8. The molecule has 0 aliphatic rings. The molecular formula is C32H34Cl2N2O5S. The van der Waals surface area contributed by atoms with E-state index < -0.39 is 16.0 Å². The van der Waals surface area contributed by atoms with Crippen molar-refractivity contribution in [2.45, 2.75) is 63.5 Å². The van der Waals surface area contributed by atoms with Gasteiger partial charge in [0.2, 0.25) is 10.0 Å². The van der Waals surface area contributed by atoms with Gasteiger partial charge in [0.15, 0.2) is 0 Å². The SMILES string of the molecule is Cc1ccc2cccc(OCc3c(Cl)ccc(S(=O)(=O)N(CCCCCCCC(=O)O)Cc4ccccc4)c3Cl)c2n1. The van der Waals surface area contributed by atoms with Crippen molar-refractivity contribution < 1.29 is 23.1 Å². The van der Waals surface area contributed by atoms with Gasteiger partial charge in [-0.2, -0.15) is 4.31 Å². The molecule has 0 spiro atoms. The second kappa shape index (κ2) is 14.8. The Morgan fingerprint density at radius 1 is 0.905 bits per heavy atom. The van der Waals surface area contributed by atoms with E-state index in [2.05, 4.69) is 4.98 Å². The lowest BCUT2D eigenvalue weighted by Crippen LogP contribution is -2.32. The van der Waals surface area contributed by atoms with Gasteiger partial charge in [0, 0.05) is 41.2 Å². The van der Waals surface area contributed by atoms with Crippen LogP contribution in [0.15, 0.2) is 77.7 Å². The summed E-state index contributed by atoms with van der Waals surface area (Å²) in [6, 6.07) is 21.9. The van der Waals surface area contributed by atoms with Gasteiger partial charge < -0.3 is 9.84 Å². The molecule has 0 fully saturated rings. The Labute approximate surface area is 257 Å². The molecule has 1 aromatic heterocycles. The number of carbonyl (C=O) groups is 1. The Kier molecular flexibility index (Phi) is 11.2. The van der Waals surface area contributed by atoms with E-state index in [-0.39, 0.29) is 29.5 Å². The third-order valence-electron chi connectivity index (χ3n) is 6.96. The van der Waals surface area contributed by atoms with Gasteiger partial charge in [-0.1, -0.05) is 91.0 Å². The van der Waals surface area contributed by atoms with Crippen LogP contribution in [0.1, 0.15) is 55.3 Å². The molecule has 0 radical (unpaired) electrons. The van der Waals surface area contributed by atoms with Crippen molar-refractivity contribution in [3.63, 3.8) is 0 Å². The van der Waals surface area contributed by atoms with Gasteiger partial charge in [-0.25, -0.2) is 13.4 Å². The third kappa shape index (κ3) is 8.22. The molecule has 7 nitrogen and oxygen atoms in total. The van der Waals surface area contributed by atoms with Crippen LogP contribution in [0.3, 0.4) is 0 Å². The minimum Gasteiger partial charge on any atom is -0.487 e. The van der Waals surface area contributed by atoms with Crippen LogP contribution in [0.5, 0.6) is 5.75 Å². The highest BCUT2D eigenvalue weighted by Gasteiger charge is 2.29. The molecule has 3 aromatic carbocycles. The number of aryl methyl sites for hydroxylation is 1. The number of para-hydroxylation sites is 1. The first-order chi connectivity index (χ1) is 20.2. The summed E-state index contributed by atoms with van der Waals surface area (Å²) in [6.45, 7) is 2.35. The molecule has 4 rings (SSSR count). The molecule has 0 saturated carbocycles. The lowest BCUT2D eigenvalue weighted by molar-refractivity contribution is -0.137. The number of fused-ring (bicyclic) bond motifs is 1. The van der Waals surface area contributed by atoms with Crippen LogP contribution in [0.4, 0.5) is 0 Å². The molecule has 0 amide bonds. The number of hydrogen-bond acceptors (Lipinski definition) is 5. The molecule has 0 atom stereocenters. The molecule has 10 heteroatoms. The molecule has 0 unspecified atom stereocenters. The van der Waals surface area contributed by atoms with E-state index in [1.54, 1.807) is 6.07 Å². The van der Waals surface area contributed by atoms with Gasteiger partial charge in [0.25, 0.3) is 0 Å². The average molecular weight is 630 g/mol. The number of nitrogens with zero attached hydrogens (tertiary/aromatic N) is 2. The van der Waals surface area contributed by atoms with E-state index in [0.717, 1.165) is 35.9 Å². The molecule has 222 valence electrons. The standard InChI is InChI=1S/C32H34Cl2N2O5S/c1-23-16-17-25-13-10-14-28(32(25)35-23)41-22-26-27(33)18-19-29(31(26)34)42(39,40)36(21-24-11-6-5-7-12-24)20-9-4-2-3-8-15-30(37)38/h5-7,10-14,16-19H,2-4,8-9,15,20-22H2,1H3,(H,37,38). The van der Waals surface area contributed by atoms with Crippen molar-refractivity contribution in [1.29, 1.82) is 0 Å². The van der Waals surface area contributed by atoms with Gasteiger partial charge in [-0.15, -0.1) is 0 Å². The number of unbranched alkanes of at least 4 members (excludes halogenated alkanes) is 4. The second-order valence-corrected chi connectivity index (χ2v) is 12.8. The van der Waals surface area contributed by atoms with Gasteiger partial charge in [-0.3, -0.25) is 4.79 Å². The molecule has 0 saturated heterocycles. The summed E-state index contributed by atoms with van der Waals surface area (Å²) < 4.78 is 35.6. The maximum Gasteiger partial charge on any atom is 0.303 e. The largest absolute Gasteiger partial charge is 0.487 e. The number of ether oxygens (including phenoxy) is 1. The van der Waals surface area contributed by atoms with Crippen molar-refractivity contribution in [2.75, 3.05) is 6.54 Å². The first kappa shape index (κ1) is 31.8. The molecule has 1 N–H and O–H groups in total. The molecular weight excluding hydrogens is 595 g/mol. The van der Waals surface area contributed by atoms with Crippen molar-refractivity contribution in [3.8, 4) is 5.75 Å². The first-order valence-electron chi connectivity index (χ1n) is 13.9. The average Bonchev–Trinajstić information content (AvgIpc) is 2.96. The number of aromatic nitrogens is 1. The minimum absolute atomic E-state index is 0.0265. The van der Waals surface area contributed by atoms with Crippen LogP contribution >= 0.6 is 23.2 Å². The summed E-state index contributed by atoms with van der Waals surface area (Å²) in [5.74, 6) is -0.255. The number of benzene rings is 3. The number of hydrogen-bond donors (Lipinski definition) is 1. The Balaban J connectivity index is 1.55. The Morgan fingerprint density at radius 3 is 2.40 bits per heavy atom. The fraction of sp³-hybridized carbons (Fsp3) is 0.312. The summed E-state index contributed by atoms with van der Waals surface area (Å²) in [5, 5.41) is 10.1. The van der Waals surface area contributed by atoms with E-state index in [1.165, 1.54) is 16.4 Å². The smallest absolute Gasteiger partial charge is 0.303 e. The highest BCUT2D eigenvalue weighted by molar-refractivity contribution is 7.89. The van der Waals surface area contributed by atoms with Gasteiger partial charge >= 0.3 is 5.97 Å². The molecule has 1 heterocycles. The van der Waals surface area contributed by atoms with E-state index in [9.17, 15) is 13.2 Å². The Bertz CT molecular complexity index is 1630. The molecule has 0 aliphatic carbocycles. The lowest BCUT2D eigenvalue weighted by atomic mass is 10.1. The van der Waals surface area contributed by atoms with Crippen LogP contribution in [0, 0.1) is 6.92 Å². The third-order valence-corrected chi connectivity index (χ3v) is 9.75. The summed E-state index contributed by atoms with van der Waals surface area (Å²) in [4.78, 5) is 15.3. The summed E-state index contributed by atoms with van der Waals surface area (Å²) in [5.41, 5.74) is 2.78. The number of rotatable bonds is 15. The van der Waals surface area contributed by atoms with Crippen molar-refractivity contribution >= 4 is 50.1 Å². The molecule has 42 heavy (non-hydrogen) atoms. The molecule has 0 bridgehead atoms. The second-order valence-electron chi connectivity index (χ2n) is 10.1. The van der Waals surface area contributed by atoms with E-state index in [4.69, 9.17) is 33.0 Å². The maximum absolute atomic E-state index is 14.0. The number of carboxylic acids is 1. The monoisotopic (exact) mass is 628 g/mol. The predicted octanol–water partition coefficient (Wildman–Crippen LogP) is 8.05. The van der Waals surface area contributed by atoms with Crippen LogP contribution in [-0.4, -0.2) is 35.3 Å². The van der Waals surface area contributed by atoms with Crippen LogP contribution in [0.25, 0.3) is 10.9 Å². The Morgan fingerprint density at radius 2 is 1.64 bits per heavy atom. The predicted molar refractivity (Wildman–Crippen MR) is 167 cm³/mol. The van der Waals surface area contributed by atoms with Crippen molar-refractivity contribution in [3.05, 3.63) is 99.7 Å². The number of sulfonamides is 1. The van der Waals surface area contributed by atoms with Gasteiger partial charge in [0.05, 0.1) is 5.02 Å². The van der Waals surface area contributed by atoms with E-state index in [1.807, 2.05) is 61.5 Å². The van der Waals surface area contributed by atoms with Gasteiger partial charge in [0.1, 0.15) is 22.8 Å². The molecule has 0 aliphatic heterocycles. The highest BCUT2D eigenvalue weighted by Crippen LogP contribution is 2.35. The summed E-state index contributed by atoms with van der Waals surface area (Å²) >= 11 is 13.3. The number of pyridine rings is 1. The number of halogens is 2. The quantitative estimate of drug-likeness (QED) is 0.134. The fourth-order valence-corrected chi connectivity index (χ4v) is 7.03. The normalized spacial score (nSPS) is 11.7.